The van der Waals surface area contributed by atoms with Crippen molar-refractivity contribution in [3.8, 4) is 0 Å². The van der Waals surface area contributed by atoms with Crippen LogP contribution in [0.15, 0.2) is 23.1 Å². The lowest BCUT2D eigenvalue weighted by Crippen LogP contribution is -2.32. The number of hydrogen-bond acceptors (Lipinski definition) is 6. The largest absolute Gasteiger partial charge is 0.452 e. The Kier molecular flexibility index (Phi) is 6.99. The van der Waals surface area contributed by atoms with E-state index >= 15 is 0 Å². The van der Waals surface area contributed by atoms with Gasteiger partial charge in [0.1, 0.15) is 4.90 Å². The van der Waals surface area contributed by atoms with Gasteiger partial charge in [0.2, 0.25) is 10.0 Å². The van der Waals surface area contributed by atoms with E-state index < -0.39 is 28.5 Å². The molecule has 144 valence electrons. The quantitative estimate of drug-likeness (QED) is 0.681. The predicted octanol–water partition coefficient (Wildman–Crippen LogP) is 1.04. The van der Waals surface area contributed by atoms with E-state index in [1.807, 2.05) is 0 Å². The monoisotopic (exact) mass is 404 g/mol. The number of carbonyl (C=O) groups is 2. The molecule has 1 saturated heterocycles. The number of rotatable bonds is 7. The van der Waals surface area contributed by atoms with E-state index in [-0.39, 0.29) is 28.1 Å². The van der Waals surface area contributed by atoms with Crippen LogP contribution >= 0.6 is 11.6 Å². The Morgan fingerprint density at radius 3 is 2.73 bits per heavy atom. The number of nitrogens with one attached hydrogen (secondary N) is 1. The molecule has 0 saturated carbocycles. The highest BCUT2D eigenvalue weighted by Gasteiger charge is 2.24. The number of ether oxygens (including phenoxy) is 2. The molecule has 1 aliphatic rings. The number of halogens is 1. The second kappa shape index (κ2) is 8.81. The van der Waals surface area contributed by atoms with Crippen molar-refractivity contribution in [2.45, 2.75) is 23.8 Å². The molecule has 0 bridgehead atoms. The van der Waals surface area contributed by atoms with Crippen LogP contribution in [0.4, 0.5) is 0 Å². The van der Waals surface area contributed by atoms with E-state index in [0.29, 0.717) is 6.61 Å². The Labute approximate surface area is 157 Å². The van der Waals surface area contributed by atoms with Gasteiger partial charge in [-0.25, -0.2) is 17.9 Å². The van der Waals surface area contributed by atoms with E-state index in [0.717, 1.165) is 18.9 Å². The molecule has 1 aromatic carbocycles. The van der Waals surface area contributed by atoms with E-state index in [1.165, 1.54) is 31.1 Å². The standard InChI is InChI=1S/C16H21ClN2O6S/c1-19(2)15(20)10-25-16(21)11-5-6-13(17)14(8-11)26(22,23)18-9-12-4-3-7-24-12/h5-6,8,12,18H,3-4,7,9-10H2,1-2H3/t12-/m1/s1. The molecular formula is C16H21ClN2O6S. The fraction of sp³-hybridized carbons (Fsp3) is 0.500. The van der Waals surface area contributed by atoms with Crippen molar-refractivity contribution in [2.24, 2.45) is 0 Å². The van der Waals surface area contributed by atoms with Crippen molar-refractivity contribution >= 4 is 33.5 Å². The molecule has 0 spiro atoms. The van der Waals surface area contributed by atoms with Gasteiger partial charge in [-0.2, -0.15) is 0 Å². The fourth-order valence-electron chi connectivity index (χ4n) is 2.26. The van der Waals surface area contributed by atoms with Crippen molar-refractivity contribution in [3.63, 3.8) is 0 Å². The van der Waals surface area contributed by atoms with Crippen LogP contribution in [0.25, 0.3) is 0 Å². The van der Waals surface area contributed by atoms with Crippen molar-refractivity contribution in [2.75, 3.05) is 33.9 Å². The second-order valence-electron chi connectivity index (χ2n) is 6.00. The summed E-state index contributed by atoms with van der Waals surface area (Å²) in [6, 6.07) is 3.76. The average Bonchev–Trinajstić information content (AvgIpc) is 3.11. The molecule has 1 heterocycles. The number of hydrogen-bond donors (Lipinski definition) is 1. The first-order valence-corrected chi connectivity index (χ1v) is 9.85. The number of carbonyl (C=O) groups excluding carboxylic acids is 2. The first kappa shape index (κ1) is 20.6. The van der Waals surface area contributed by atoms with Gasteiger partial charge in [-0.15, -0.1) is 0 Å². The molecule has 1 aliphatic heterocycles. The zero-order valence-electron chi connectivity index (χ0n) is 14.5. The molecule has 2 rings (SSSR count). The lowest BCUT2D eigenvalue weighted by atomic mass is 10.2. The molecule has 0 aliphatic carbocycles. The van der Waals surface area contributed by atoms with Gasteiger partial charge < -0.3 is 14.4 Å². The van der Waals surface area contributed by atoms with Crippen LogP contribution in [0.5, 0.6) is 0 Å². The van der Waals surface area contributed by atoms with E-state index in [9.17, 15) is 18.0 Å². The Morgan fingerprint density at radius 1 is 1.38 bits per heavy atom. The molecule has 26 heavy (non-hydrogen) atoms. The molecule has 10 heteroatoms. The molecule has 1 fully saturated rings. The molecule has 1 amide bonds. The highest BCUT2D eigenvalue weighted by atomic mass is 35.5. The minimum atomic E-state index is -3.92. The highest BCUT2D eigenvalue weighted by molar-refractivity contribution is 7.89. The van der Waals surface area contributed by atoms with Gasteiger partial charge in [0.05, 0.1) is 16.7 Å². The predicted molar refractivity (Wildman–Crippen MR) is 94.6 cm³/mol. The number of esters is 1. The maximum atomic E-state index is 12.5. The summed E-state index contributed by atoms with van der Waals surface area (Å²) in [5.41, 5.74) is -0.0153. The summed E-state index contributed by atoms with van der Waals surface area (Å²) in [5.74, 6) is -1.20. The zero-order chi connectivity index (χ0) is 19.3. The normalized spacial score (nSPS) is 17.1. The van der Waals surface area contributed by atoms with Gasteiger partial charge in [0.25, 0.3) is 5.91 Å². The van der Waals surface area contributed by atoms with Crippen LogP contribution in [0.2, 0.25) is 5.02 Å². The zero-order valence-corrected chi connectivity index (χ0v) is 16.1. The lowest BCUT2D eigenvalue weighted by molar-refractivity contribution is -0.131. The van der Waals surface area contributed by atoms with Gasteiger partial charge >= 0.3 is 5.97 Å². The minimum absolute atomic E-state index is 0.0153. The van der Waals surface area contributed by atoms with Gasteiger partial charge in [0, 0.05) is 27.2 Å². The molecule has 1 atom stereocenters. The van der Waals surface area contributed by atoms with E-state index in [1.54, 1.807) is 0 Å². The highest BCUT2D eigenvalue weighted by Crippen LogP contribution is 2.23. The SMILES string of the molecule is CN(C)C(=O)COC(=O)c1ccc(Cl)c(S(=O)(=O)NC[C@H]2CCCO2)c1. The molecule has 1 N–H and O–H groups in total. The molecular weight excluding hydrogens is 384 g/mol. The average molecular weight is 405 g/mol. The maximum Gasteiger partial charge on any atom is 0.338 e. The number of amides is 1. The number of benzene rings is 1. The minimum Gasteiger partial charge on any atom is -0.452 e. The Morgan fingerprint density at radius 2 is 2.12 bits per heavy atom. The van der Waals surface area contributed by atoms with Crippen molar-refractivity contribution in [3.05, 3.63) is 28.8 Å². The molecule has 0 aromatic heterocycles. The van der Waals surface area contributed by atoms with Gasteiger partial charge in [0.15, 0.2) is 6.61 Å². The number of sulfonamides is 1. The van der Waals surface area contributed by atoms with E-state index in [2.05, 4.69) is 4.72 Å². The van der Waals surface area contributed by atoms with Gasteiger partial charge in [-0.1, -0.05) is 11.6 Å². The topological polar surface area (TPSA) is 102 Å². The Bertz CT molecular complexity index is 775. The third kappa shape index (κ3) is 5.41. The van der Waals surface area contributed by atoms with Crippen molar-refractivity contribution in [1.82, 2.24) is 9.62 Å². The summed E-state index contributed by atoms with van der Waals surface area (Å²) >= 11 is 5.99. The third-order valence-electron chi connectivity index (χ3n) is 3.81. The maximum absolute atomic E-state index is 12.5. The van der Waals surface area contributed by atoms with Crippen LogP contribution in [0.1, 0.15) is 23.2 Å². The first-order chi connectivity index (χ1) is 12.2. The summed E-state index contributed by atoms with van der Waals surface area (Å²) in [4.78, 5) is 24.6. The van der Waals surface area contributed by atoms with Gasteiger partial charge in [-0.3, -0.25) is 4.79 Å². The summed E-state index contributed by atoms with van der Waals surface area (Å²) in [7, 11) is -0.863. The Hall–Kier alpha value is -1.68. The molecule has 8 nitrogen and oxygen atoms in total. The molecule has 0 radical (unpaired) electrons. The van der Waals surface area contributed by atoms with Crippen LogP contribution < -0.4 is 4.72 Å². The summed E-state index contributed by atoms with van der Waals surface area (Å²) < 4.78 is 37.7. The summed E-state index contributed by atoms with van der Waals surface area (Å²) in [6.45, 7) is 0.304. The number of nitrogens with zero attached hydrogens (tertiary/aromatic N) is 1. The van der Waals surface area contributed by atoms with Crippen LogP contribution in [-0.4, -0.2) is 65.2 Å². The van der Waals surface area contributed by atoms with E-state index in [4.69, 9.17) is 21.1 Å². The summed E-state index contributed by atoms with van der Waals surface area (Å²) in [6.07, 6.45) is 1.50. The van der Waals surface area contributed by atoms with Crippen molar-refractivity contribution in [1.29, 1.82) is 0 Å². The smallest absolute Gasteiger partial charge is 0.338 e. The molecule has 0 unspecified atom stereocenters. The van der Waals surface area contributed by atoms with Crippen LogP contribution in [0, 0.1) is 0 Å². The lowest BCUT2D eigenvalue weighted by Gasteiger charge is -2.13. The number of likely N-dealkylation sites (N-methyl/N-ethyl adjacent to an activating group) is 1. The third-order valence-corrected chi connectivity index (χ3v) is 5.71. The first-order valence-electron chi connectivity index (χ1n) is 7.99. The van der Waals surface area contributed by atoms with Crippen LogP contribution in [0.3, 0.4) is 0 Å². The summed E-state index contributed by atoms with van der Waals surface area (Å²) in [5, 5.41) is -0.0224. The van der Waals surface area contributed by atoms with Crippen molar-refractivity contribution < 1.29 is 27.5 Å². The Balaban J connectivity index is 2.09. The second-order valence-corrected chi connectivity index (χ2v) is 8.14. The van der Waals surface area contributed by atoms with Gasteiger partial charge in [-0.05, 0) is 31.0 Å². The fourth-order valence-corrected chi connectivity index (χ4v) is 3.85. The molecule has 1 aromatic rings. The van der Waals surface area contributed by atoms with Crippen LogP contribution in [-0.2, 0) is 24.3 Å².